The van der Waals surface area contributed by atoms with E-state index >= 15 is 0 Å². The lowest BCUT2D eigenvalue weighted by atomic mass is 9.98. The van der Waals surface area contributed by atoms with Gasteiger partial charge >= 0.3 is 5.97 Å². The fourth-order valence-corrected chi connectivity index (χ4v) is 4.53. The number of carbonyl (C=O) groups is 3. The Labute approximate surface area is 192 Å². The van der Waals surface area contributed by atoms with Gasteiger partial charge in [-0.2, -0.15) is 5.10 Å². The van der Waals surface area contributed by atoms with Crippen molar-refractivity contribution in [3.05, 3.63) is 27.2 Å². The molecule has 1 N–H and O–H groups in total. The van der Waals surface area contributed by atoms with Gasteiger partial charge in [-0.1, -0.05) is 0 Å². The van der Waals surface area contributed by atoms with E-state index in [9.17, 15) is 19.2 Å². The summed E-state index contributed by atoms with van der Waals surface area (Å²) in [6.45, 7) is 6.65. The summed E-state index contributed by atoms with van der Waals surface area (Å²) in [5.74, 6) is -1.00. The van der Waals surface area contributed by atoms with E-state index in [0.717, 1.165) is 23.1 Å². The molecule has 1 aliphatic heterocycles. The second-order valence-electron chi connectivity index (χ2n) is 8.67. The molecule has 0 spiro atoms. The number of likely N-dealkylation sites (tertiary alicyclic amines) is 1. The molecule has 0 aromatic carbocycles. The fraction of sp³-hybridized carbons (Fsp3) is 0.609. The van der Waals surface area contributed by atoms with Gasteiger partial charge in [0.05, 0.1) is 24.8 Å². The van der Waals surface area contributed by atoms with E-state index in [4.69, 9.17) is 4.74 Å². The molecule has 1 aliphatic rings. The lowest BCUT2D eigenvalue weighted by Gasteiger charge is -2.32. The molecule has 2 amide bonds. The third kappa shape index (κ3) is 5.26. The van der Waals surface area contributed by atoms with Gasteiger partial charge in [-0.3, -0.25) is 23.9 Å². The summed E-state index contributed by atoms with van der Waals surface area (Å²) >= 11 is 0. The van der Waals surface area contributed by atoms with Gasteiger partial charge in [0.1, 0.15) is 5.65 Å². The lowest BCUT2D eigenvalue weighted by molar-refractivity contribution is -0.152. The van der Waals surface area contributed by atoms with Crippen molar-refractivity contribution in [2.45, 2.75) is 46.5 Å². The molecule has 3 rings (SSSR count). The van der Waals surface area contributed by atoms with E-state index in [1.54, 1.807) is 30.6 Å². The molecule has 10 nitrogen and oxygen atoms in total. The monoisotopic (exact) mass is 459 g/mol. The van der Waals surface area contributed by atoms with E-state index in [-0.39, 0.29) is 48.6 Å². The van der Waals surface area contributed by atoms with E-state index < -0.39 is 0 Å². The van der Waals surface area contributed by atoms with Crippen LogP contribution in [-0.4, -0.2) is 75.6 Å². The number of esters is 1. The quantitative estimate of drug-likeness (QED) is 0.619. The summed E-state index contributed by atoms with van der Waals surface area (Å²) in [5, 5.41) is 5.25. The number of ether oxygens (including phenoxy) is 1. The predicted molar refractivity (Wildman–Crippen MR) is 123 cm³/mol. The number of aromatic amines is 1. The zero-order valence-electron chi connectivity index (χ0n) is 20.1. The van der Waals surface area contributed by atoms with Crippen LogP contribution >= 0.6 is 0 Å². The number of H-pyrrole nitrogens is 1. The van der Waals surface area contributed by atoms with Crippen LogP contribution in [0, 0.1) is 19.8 Å². The Kier molecular flexibility index (Phi) is 7.55. The minimum Gasteiger partial charge on any atom is -0.466 e. The van der Waals surface area contributed by atoms with Crippen LogP contribution in [0.15, 0.2) is 4.79 Å². The second-order valence-corrected chi connectivity index (χ2v) is 8.67. The SMILES string of the molecule is CCOC(=O)C1CCCN(C(=O)CN(C)C(=O)CCc2c(C)c3c(C)nn(C)c3[nH]c2=O)C1. The van der Waals surface area contributed by atoms with Crippen molar-refractivity contribution in [1.82, 2.24) is 24.6 Å². The predicted octanol–water partition coefficient (Wildman–Crippen LogP) is 1.07. The van der Waals surface area contributed by atoms with Gasteiger partial charge in [-0.25, -0.2) is 0 Å². The molecule has 33 heavy (non-hydrogen) atoms. The highest BCUT2D eigenvalue weighted by Gasteiger charge is 2.30. The number of amides is 2. The van der Waals surface area contributed by atoms with Gasteiger partial charge in [0, 0.05) is 44.6 Å². The maximum Gasteiger partial charge on any atom is 0.310 e. The average molecular weight is 460 g/mol. The Morgan fingerprint density at radius 3 is 2.70 bits per heavy atom. The highest BCUT2D eigenvalue weighted by atomic mass is 16.5. The zero-order valence-corrected chi connectivity index (χ0v) is 20.1. The van der Waals surface area contributed by atoms with Crippen LogP contribution in [0.3, 0.4) is 0 Å². The van der Waals surface area contributed by atoms with Gasteiger partial charge in [0.15, 0.2) is 0 Å². The van der Waals surface area contributed by atoms with Crippen LogP contribution in [-0.2, 0) is 32.6 Å². The van der Waals surface area contributed by atoms with Crippen molar-refractivity contribution in [2.75, 3.05) is 33.3 Å². The Balaban J connectivity index is 1.60. The number of aryl methyl sites for hydroxylation is 3. The molecule has 10 heteroatoms. The van der Waals surface area contributed by atoms with Crippen molar-refractivity contribution < 1.29 is 19.1 Å². The maximum absolute atomic E-state index is 12.7. The number of pyridine rings is 1. The first-order valence-corrected chi connectivity index (χ1v) is 11.4. The van der Waals surface area contributed by atoms with E-state index in [1.807, 2.05) is 13.8 Å². The normalized spacial score (nSPS) is 16.2. The van der Waals surface area contributed by atoms with Crippen LogP contribution in [0.25, 0.3) is 11.0 Å². The molecule has 1 saturated heterocycles. The highest BCUT2D eigenvalue weighted by molar-refractivity contribution is 5.86. The summed E-state index contributed by atoms with van der Waals surface area (Å²) in [5.41, 5.74) is 2.63. The number of fused-ring (bicyclic) bond motifs is 1. The first-order chi connectivity index (χ1) is 15.6. The largest absolute Gasteiger partial charge is 0.466 e. The molecule has 0 aliphatic carbocycles. The van der Waals surface area contributed by atoms with Gasteiger partial charge in [0.2, 0.25) is 11.8 Å². The molecule has 180 valence electrons. The summed E-state index contributed by atoms with van der Waals surface area (Å²) in [6, 6.07) is 0. The fourth-order valence-electron chi connectivity index (χ4n) is 4.53. The topological polar surface area (TPSA) is 118 Å². The van der Waals surface area contributed by atoms with E-state index in [2.05, 4.69) is 10.1 Å². The third-order valence-electron chi connectivity index (χ3n) is 6.34. The smallest absolute Gasteiger partial charge is 0.310 e. The molecule has 1 unspecified atom stereocenters. The molecular formula is C23H33N5O5. The third-order valence-corrected chi connectivity index (χ3v) is 6.34. The van der Waals surface area contributed by atoms with Gasteiger partial charge in [-0.15, -0.1) is 0 Å². The molecule has 2 aromatic heterocycles. The van der Waals surface area contributed by atoms with Crippen molar-refractivity contribution in [1.29, 1.82) is 0 Å². The molecule has 2 aromatic rings. The van der Waals surface area contributed by atoms with E-state index in [0.29, 0.717) is 37.3 Å². The Morgan fingerprint density at radius 2 is 2.00 bits per heavy atom. The van der Waals surface area contributed by atoms with Crippen LogP contribution in [0.1, 0.15) is 43.0 Å². The summed E-state index contributed by atoms with van der Waals surface area (Å²) in [6.07, 6.45) is 1.82. The molecule has 3 heterocycles. The number of nitrogens with zero attached hydrogens (tertiary/aromatic N) is 4. The van der Waals surface area contributed by atoms with Crippen LogP contribution < -0.4 is 5.56 Å². The first kappa shape index (κ1) is 24.5. The number of aromatic nitrogens is 3. The molecule has 1 fully saturated rings. The number of piperidine rings is 1. The summed E-state index contributed by atoms with van der Waals surface area (Å²) in [4.78, 5) is 55.9. The van der Waals surface area contributed by atoms with Crippen LogP contribution in [0.4, 0.5) is 0 Å². The Morgan fingerprint density at radius 1 is 1.27 bits per heavy atom. The zero-order chi connectivity index (χ0) is 24.3. The number of nitrogens with one attached hydrogen (secondary N) is 1. The second kappa shape index (κ2) is 10.2. The molecule has 1 atom stereocenters. The maximum atomic E-state index is 12.7. The van der Waals surface area contributed by atoms with Gasteiger partial charge < -0.3 is 19.5 Å². The Bertz CT molecular complexity index is 1120. The standard InChI is InChI=1S/C23H33N5O5/c1-6-33-23(32)16-8-7-11-28(12-16)19(30)13-26(4)18(29)10-9-17-14(2)20-15(3)25-27(5)21(20)24-22(17)31/h16H,6-13H2,1-5H3,(H,24,31). The minimum atomic E-state index is -0.316. The summed E-state index contributed by atoms with van der Waals surface area (Å²) < 4.78 is 6.72. The van der Waals surface area contributed by atoms with Crippen molar-refractivity contribution >= 4 is 28.8 Å². The van der Waals surface area contributed by atoms with Crippen molar-refractivity contribution in [3.8, 4) is 0 Å². The number of hydrogen-bond donors (Lipinski definition) is 1. The molecule has 0 saturated carbocycles. The highest BCUT2D eigenvalue weighted by Crippen LogP contribution is 2.21. The van der Waals surface area contributed by atoms with Crippen molar-refractivity contribution in [3.63, 3.8) is 0 Å². The molecular weight excluding hydrogens is 426 g/mol. The number of likely N-dealkylation sites (N-methyl/N-ethyl adjacent to an activating group) is 1. The average Bonchev–Trinajstić information content (AvgIpc) is 3.06. The number of hydrogen-bond acceptors (Lipinski definition) is 6. The summed E-state index contributed by atoms with van der Waals surface area (Å²) in [7, 11) is 3.36. The van der Waals surface area contributed by atoms with Gasteiger partial charge in [-0.05, 0) is 45.6 Å². The van der Waals surface area contributed by atoms with Gasteiger partial charge in [0.25, 0.3) is 5.56 Å². The molecule has 0 radical (unpaired) electrons. The van der Waals surface area contributed by atoms with Crippen LogP contribution in [0.5, 0.6) is 0 Å². The minimum absolute atomic E-state index is 0.0650. The Hall–Kier alpha value is -3.17. The first-order valence-electron chi connectivity index (χ1n) is 11.4. The lowest BCUT2D eigenvalue weighted by Crippen LogP contribution is -2.47. The molecule has 0 bridgehead atoms. The number of carbonyl (C=O) groups excluding carboxylic acids is 3. The van der Waals surface area contributed by atoms with Crippen molar-refractivity contribution in [2.24, 2.45) is 13.0 Å². The van der Waals surface area contributed by atoms with Crippen LogP contribution in [0.2, 0.25) is 0 Å². The number of rotatable bonds is 7. The van der Waals surface area contributed by atoms with E-state index in [1.165, 1.54) is 4.90 Å².